The summed E-state index contributed by atoms with van der Waals surface area (Å²) in [5.74, 6) is 0. The van der Waals surface area contributed by atoms with Gasteiger partial charge in [-0.3, -0.25) is 0 Å². The first-order valence-corrected chi connectivity index (χ1v) is 5.22. The molecule has 5 heteroatoms. The second kappa shape index (κ2) is 3.96. The van der Waals surface area contributed by atoms with E-state index in [4.69, 9.17) is 8.85 Å². The quantitative estimate of drug-likeness (QED) is 0.732. The molecule has 0 radical (unpaired) electrons. The summed E-state index contributed by atoms with van der Waals surface area (Å²) in [5.41, 5.74) is -0.462. The number of aryl methyl sites for hydroxylation is 1. The molecule has 0 aliphatic carbocycles. The van der Waals surface area contributed by atoms with Crippen LogP contribution >= 0.6 is 15.9 Å². The Kier molecular flexibility index (Phi) is 2.20. The summed E-state index contributed by atoms with van der Waals surface area (Å²) in [6.07, 6.45) is -0.803. The number of carbonyl (C=O) groups is 1. The summed E-state index contributed by atoms with van der Waals surface area (Å²) >= 11 is 3.13. The zero-order valence-corrected chi connectivity index (χ0v) is 10.7. The molecule has 0 atom stereocenters. The lowest BCUT2D eigenvalue weighted by atomic mass is 10.2. The van der Waals surface area contributed by atoms with Gasteiger partial charge in [-0.25, -0.2) is 4.79 Å². The Bertz CT molecular complexity index is 475. The lowest BCUT2D eigenvalue weighted by molar-refractivity contribution is 0.0510. The number of nitrogens with zero attached hydrogens (tertiary/aromatic N) is 2. The third-order valence-corrected chi connectivity index (χ3v) is 2.50. The number of hydrogen-bond donors (Lipinski definition) is 0. The molecule has 0 N–H and O–H groups in total. The Labute approximate surface area is 102 Å². The highest BCUT2D eigenvalue weighted by Crippen LogP contribution is 2.20. The van der Waals surface area contributed by atoms with Crippen molar-refractivity contribution in [1.82, 2.24) is 9.78 Å². The minimum Gasteiger partial charge on any atom is -0.442 e. The number of hydrogen-bond acceptors (Lipinski definition) is 3. The molecule has 0 aromatic carbocycles. The first kappa shape index (κ1) is 8.33. The van der Waals surface area contributed by atoms with E-state index in [-0.39, 0.29) is 5.69 Å². The number of rotatable bonds is 0. The van der Waals surface area contributed by atoms with Crippen molar-refractivity contribution in [1.29, 1.82) is 0 Å². The first-order valence-electron chi connectivity index (χ1n) is 5.92. The molecule has 0 fully saturated rings. The molecule has 0 saturated heterocycles. The van der Waals surface area contributed by atoms with E-state index in [0.29, 0.717) is 10.2 Å². The van der Waals surface area contributed by atoms with Gasteiger partial charge in [-0.1, -0.05) is 0 Å². The largest absolute Gasteiger partial charge is 0.442 e. The second-order valence-electron chi connectivity index (χ2n) is 4.14. The standard InChI is InChI=1S/C10H15BrN2O2/c1-6-8(11)7(2)13(12-6)9(14)15-10(3,4)5/h1-5H3/i2D3. The van der Waals surface area contributed by atoms with Crippen LogP contribution in [0.5, 0.6) is 0 Å². The average Bonchev–Trinajstić information content (AvgIpc) is 2.39. The number of halogens is 1. The second-order valence-corrected chi connectivity index (χ2v) is 4.93. The van der Waals surface area contributed by atoms with Gasteiger partial charge in [0, 0.05) is 4.11 Å². The van der Waals surface area contributed by atoms with Crippen LogP contribution in [0.3, 0.4) is 0 Å². The molecule has 84 valence electrons. The van der Waals surface area contributed by atoms with Crippen LogP contribution in [0.25, 0.3) is 0 Å². The van der Waals surface area contributed by atoms with Crippen LogP contribution in [-0.4, -0.2) is 21.5 Å². The van der Waals surface area contributed by atoms with Crippen molar-refractivity contribution in [3.05, 3.63) is 15.9 Å². The highest BCUT2D eigenvalue weighted by atomic mass is 79.9. The van der Waals surface area contributed by atoms with Gasteiger partial charge >= 0.3 is 6.09 Å². The number of carbonyl (C=O) groups excluding carboxylic acids is 1. The zero-order chi connectivity index (χ0) is 14.3. The van der Waals surface area contributed by atoms with Crippen molar-refractivity contribution in [3.8, 4) is 0 Å². The first-order chi connectivity index (χ1) is 7.93. The van der Waals surface area contributed by atoms with Gasteiger partial charge in [0.1, 0.15) is 5.60 Å². The molecule has 1 aromatic heterocycles. The van der Waals surface area contributed by atoms with E-state index in [1.54, 1.807) is 27.7 Å². The molecule has 1 rings (SSSR count). The molecule has 0 aliphatic heterocycles. The van der Waals surface area contributed by atoms with Crippen molar-refractivity contribution >= 4 is 22.0 Å². The molecule has 0 amide bonds. The number of aromatic nitrogens is 2. The molecule has 1 aromatic rings. The van der Waals surface area contributed by atoms with E-state index in [9.17, 15) is 4.79 Å². The van der Waals surface area contributed by atoms with E-state index in [1.807, 2.05) is 0 Å². The fourth-order valence-corrected chi connectivity index (χ4v) is 1.19. The van der Waals surface area contributed by atoms with Gasteiger partial charge in [0.05, 0.1) is 15.9 Å². The maximum Gasteiger partial charge on any atom is 0.435 e. The normalized spacial score (nSPS) is 15.4. The molecule has 0 unspecified atom stereocenters. The van der Waals surface area contributed by atoms with Gasteiger partial charge in [-0.05, 0) is 50.5 Å². The van der Waals surface area contributed by atoms with Crippen LogP contribution in [-0.2, 0) is 4.74 Å². The highest BCUT2D eigenvalue weighted by molar-refractivity contribution is 9.10. The summed E-state index contributed by atoms with van der Waals surface area (Å²) < 4.78 is 28.5. The van der Waals surface area contributed by atoms with E-state index >= 15 is 0 Å². The fraction of sp³-hybridized carbons (Fsp3) is 0.600. The summed E-state index contributed by atoms with van der Waals surface area (Å²) in [4.78, 5) is 11.9. The van der Waals surface area contributed by atoms with Crippen LogP contribution in [0.1, 0.15) is 36.3 Å². The van der Waals surface area contributed by atoms with Crippen LogP contribution in [0, 0.1) is 13.8 Å². The Morgan fingerprint density at radius 1 is 1.60 bits per heavy atom. The average molecular weight is 278 g/mol. The molecule has 0 spiro atoms. The van der Waals surface area contributed by atoms with Gasteiger partial charge in [-0.2, -0.15) is 9.78 Å². The summed E-state index contributed by atoms with van der Waals surface area (Å²) in [7, 11) is 0. The van der Waals surface area contributed by atoms with E-state index < -0.39 is 18.5 Å². The monoisotopic (exact) mass is 277 g/mol. The van der Waals surface area contributed by atoms with E-state index in [1.165, 1.54) is 0 Å². The highest BCUT2D eigenvalue weighted by Gasteiger charge is 2.21. The molecular formula is C10H15BrN2O2. The maximum atomic E-state index is 11.9. The predicted octanol–water partition coefficient (Wildman–Crippen LogP) is 3.05. The third kappa shape index (κ3) is 2.81. The van der Waals surface area contributed by atoms with Crippen LogP contribution in [0.2, 0.25) is 0 Å². The van der Waals surface area contributed by atoms with Crippen molar-refractivity contribution in [2.75, 3.05) is 0 Å². The molecule has 0 saturated carbocycles. The van der Waals surface area contributed by atoms with Crippen molar-refractivity contribution in [2.45, 2.75) is 40.1 Å². The molecule has 0 aliphatic rings. The molecule has 1 heterocycles. The Morgan fingerprint density at radius 3 is 2.67 bits per heavy atom. The van der Waals surface area contributed by atoms with Gasteiger partial charge < -0.3 is 4.74 Å². The van der Waals surface area contributed by atoms with Crippen LogP contribution in [0.15, 0.2) is 4.47 Å². The Morgan fingerprint density at radius 2 is 2.20 bits per heavy atom. The molecule has 4 nitrogen and oxygen atoms in total. The van der Waals surface area contributed by atoms with E-state index in [2.05, 4.69) is 21.0 Å². The van der Waals surface area contributed by atoms with Crippen molar-refractivity contribution < 1.29 is 13.6 Å². The Hall–Kier alpha value is -0.840. The van der Waals surface area contributed by atoms with Gasteiger partial charge in [0.15, 0.2) is 0 Å². The fourth-order valence-electron chi connectivity index (χ4n) is 0.946. The zero-order valence-electron chi connectivity index (χ0n) is 12.1. The van der Waals surface area contributed by atoms with Gasteiger partial charge in [0.25, 0.3) is 0 Å². The summed E-state index contributed by atoms with van der Waals surface area (Å²) in [6, 6.07) is 0. The summed E-state index contributed by atoms with van der Waals surface area (Å²) in [5, 5.41) is 3.90. The molecular weight excluding hydrogens is 260 g/mol. The lowest BCUT2D eigenvalue weighted by Gasteiger charge is -2.19. The molecule has 15 heavy (non-hydrogen) atoms. The maximum absolute atomic E-state index is 11.9. The van der Waals surface area contributed by atoms with Gasteiger partial charge in [0.2, 0.25) is 0 Å². The number of ether oxygens (including phenoxy) is 1. The SMILES string of the molecule is [2H]C([2H])([2H])c1c(Br)c(C)nn1C(=O)OC(C)(C)C. The summed E-state index contributed by atoms with van der Waals surface area (Å²) in [6.45, 7) is 4.26. The topological polar surface area (TPSA) is 44.1 Å². The third-order valence-electron chi connectivity index (χ3n) is 1.55. The Balaban J connectivity index is 3.26. The van der Waals surface area contributed by atoms with Crippen molar-refractivity contribution in [3.63, 3.8) is 0 Å². The van der Waals surface area contributed by atoms with Crippen LogP contribution < -0.4 is 0 Å². The minimum absolute atomic E-state index is 0.172. The van der Waals surface area contributed by atoms with Gasteiger partial charge in [-0.15, -0.1) is 0 Å². The van der Waals surface area contributed by atoms with Crippen LogP contribution in [0.4, 0.5) is 4.79 Å². The van der Waals surface area contributed by atoms with E-state index in [0.717, 1.165) is 4.68 Å². The minimum atomic E-state index is -2.45. The smallest absolute Gasteiger partial charge is 0.435 e. The predicted molar refractivity (Wildman–Crippen MR) is 61.0 cm³/mol. The molecule has 0 bridgehead atoms. The van der Waals surface area contributed by atoms with Crippen molar-refractivity contribution in [2.24, 2.45) is 0 Å². The lowest BCUT2D eigenvalue weighted by Crippen LogP contribution is -2.28.